The molecular formula is C7H7F3O2. The van der Waals surface area contributed by atoms with E-state index in [0.717, 1.165) is 6.26 Å². The third kappa shape index (κ3) is 1.99. The number of ketones is 1. The van der Waals surface area contributed by atoms with E-state index in [-0.39, 0.29) is 12.0 Å². The number of carbonyl (C=O) groups excluding carboxylic acids is 1. The number of hydrogen-bond donors (Lipinski definition) is 0. The first-order valence-electron chi connectivity index (χ1n) is 3.44. The summed E-state index contributed by atoms with van der Waals surface area (Å²) in [5.41, 5.74) is -0.284. The van der Waals surface area contributed by atoms with Gasteiger partial charge in [-0.3, -0.25) is 4.79 Å². The van der Waals surface area contributed by atoms with Crippen LogP contribution in [0.3, 0.4) is 0 Å². The third-order valence-electron chi connectivity index (χ3n) is 1.48. The molecule has 0 saturated carbocycles. The number of Topliss-reactive ketones (excluding diaryl/α,β-unsaturated/α-hetero) is 1. The molecule has 0 spiro atoms. The molecular weight excluding hydrogens is 173 g/mol. The van der Waals surface area contributed by atoms with Gasteiger partial charge in [0.25, 0.3) is 5.78 Å². The minimum Gasteiger partial charge on any atom is -0.501 e. The standard InChI is InChI=1S/C7H7F3O2/c8-7(9,10)6(11)5-2-1-3-12-4-5/h4H,1-3H2. The summed E-state index contributed by atoms with van der Waals surface area (Å²) >= 11 is 0. The van der Waals surface area contributed by atoms with Gasteiger partial charge in [0, 0.05) is 5.57 Å². The second-order valence-electron chi connectivity index (χ2n) is 2.44. The summed E-state index contributed by atoms with van der Waals surface area (Å²) in [7, 11) is 0. The van der Waals surface area contributed by atoms with Gasteiger partial charge in [-0.2, -0.15) is 13.2 Å². The molecule has 1 aliphatic rings. The first-order chi connectivity index (χ1) is 5.52. The van der Waals surface area contributed by atoms with E-state index in [9.17, 15) is 18.0 Å². The number of alkyl halides is 3. The molecule has 0 amide bonds. The first kappa shape index (κ1) is 9.09. The minimum atomic E-state index is -4.77. The maximum absolute atomic E-state index is 11.8. The van der Waals surface area contributed by atoms with E-state index in [1.807, 2.05) is 0 Å². The van der Waals surface area contributed by atoms with Crippen molar-refractivity contribution < 1.29 is 22.7 Å². The summed E-state index contributed by atoms with van der Waals surface area (Å²) in [5, 5.41) is 0. The molecule has 0 bridgehead atoms. The van der Waals surface area contributed by atoms with Gasteiger partial charge in [0.2, 0.25) is 0 Å². The van der Waals surface area contributed by atoms with Gasteiger partial charge < -0.3 is 4.74 Å². The second-order valence-corrected chi connectivity index (χ2v) is 2.44. The Hall–Kier alpha value is -1.00. The zero-order valence-corrected chi connectivity index (χ0v) is 6.15. The summed E-state index contributed by atoms with van der Waals surface area (Å²) in [5.74, 6) is -1.79. The largest absolute Gasteiger partial charge is 0.501 e. The molecule has 0 aliphatic carbocycles. The molecule has 0 aromatic heterocycles. The second kappa shape index (κ2) is 3.16. The quantitative estimate of drug-likeness (QED) is 0.615. The van der Waals surface area contributed by atoms with Crippen LogP contribution < -0.4 is 0 Å². The highest BCUT2D eigenvalue weighted by molar-refractivity contribution is 5.99. The van der Waals surface area contributed by atoms with Crippen molar-refractivity contribution >= 4 is 5.78 Å². The summed E-state index contributed by atoms with van der Waals surface area (Å²) in [6, 6.07) is 0. The van der Waals surface area contributed by atoms with E-state index < -0.39 is 12.0 Å². The van der Waals surface area contributed by atoms with E-state index in [0.29, 0.717) is 13.0 Å². The molecule has 1 heterocycles. The highest BCUT2D eigenvalue weighted by Crippen LogP contribution is 2.24. The molecule has 0 aromatic rings. The van der Waals surface area contributed by atoms with Crippen molar-refractivity contribution in [2.45, 2.75) is 19.0 Å². The number of halogens is 3. The normalized spacial score (nSPS) is 18.1. The zero-order valence-electron chi connectivity index (χ0n) is 6.15. The van der Waals surface area contributed by atoms with Crippen LogP contribution in [0.5, 0.6) is 0 Å². The molecule has 0 saturated heterocycles. The summed E-state index contributed by atoms with van der Waals surface area (Å²) in [4.78, 5) is 10.5. The highest BCUT2D eigenvalue weighted by Gasteiger charge is 2.40. The Labute approximate surface area is 67.0 Å². The van der Waals surface area contributed by atoms with Crippen LogP contribution in [0.2, 0.25) is 0 Å². The molecule has 68 valence electrons. The van der Waals surface area contributed by atoms with Crippen molar-refractivity contribution in [3.63, 3.8) is 0 Å². The van der Waals surface area contributed by atoms with Gasteiger partial charge in [-0.05, 0) is 12.8 Å². The van der Waals surface area contributed by atoms with Crippen LogP contribution in [-0.2, 0) is 9.53 Å². The predicted molar refractivity (Wildman–Crippen MR) is 34.3 cm³/mol. The lowest BCUT2D eigenvalue weighted by Gasteiger charge is -2.13. The van der Waals surface area contributed by atoms with E-state index in [2.05, 4.69) is 4.74 Å². The third-order valence-corrected chi connectivity index (χ3v) is 1.48. The van der Waals surface area contributed by atoms with Gasteiger partial charge in [-0.15, -0.1) is 0 Å². The molecule has 0 fully saturated rings. The van der Waals surface area contributed by atoms with Crippen molar-refractivity contribution in [2.24, 2.45) is 0 Å². The molecule has 12 heavy (non-hydrogen) atoms. The number of hydrogen-bond acceptors (Lipinski definition) is 2. The van der Waals surface area contributed by atoms with Crippen molar-refractivity contribution in [2.75, 3.05) is 6.61 Å². The van der Waals surface area contributed by atoms with Crippen LogP contribution in [0.15, 0.2) is 11.8 Å². The number of rotatable bonds is 1. The fourth-order valence-corrected chi connectivity index (χ4v) is 0.914. The molecule has 1 rings (SSSR count). The van der Waals surface area contributed by atoms with E-state index in [4.69, 9.17) is 0 Å². The lowest BCUT2D eigenvalue weighted by atomic mass is 10.1. The molecule has 2 nitrogen and oxygen atoms in total. The summed E-state index contributed by atoms with van der Waals surface area (Å²) in [6.07, 6.45) is -3.25. The van der Waals surface area contributed by atoms with Crippen molar-refractivity contribution in [3.05, 3.63) is 11.8 Å². The van der Waals surface area contributed by atoms with Crippen LogP contribution in [0.1, 0.15) is 12.8 Å². The van der Waals surface area contributed by atoms with Crippen LogP contribution in [0.25, 0.3) is 0 Å². The maximum atomic E-state index is 11.8. The first-order valence-corrected chi connectivity index (χ1v) is 3.44. The molecule has 0 N–H and O–H groups in total. The number of carbonyl (C=O) groups is 1. The van der Waals surface area contributed by atoms with Crippen molar-refractivity contribution in [1.29, 1.82) is 0 Å². The Morgan fingerprint density at radius 3 is 2.58 bits per heavy atom. The fourth-order valence-electron chi connectivity index (χ4n) is 0.914. The van der Waals surface area contributed by atoms with Crippen molar-refractivity contribution in [1.82, 2.24) is 0 Å². The fraction of sp³-hybridized carbons (Fsp3) is 0.571. The Bertz CT molecular complexity index is 217. The van der Waals surface area contributed by atoms with Gasteiger partial charge in [0.05, 0.1) is 12.9 Å². The Kier molecular flexibility index (Phi) is 2.40. The van der Waals surface area contributed by atoms with E-state index in [1.54, 1.807) is 0 Å². The lowest BCUT2D eigenvalue weighted by molar-refractivity contribution is -0.167. The minimum absolute atomic E-state index is 0.151. The van der Waals surface area contributed by atoms with Gasteiger partial charge >= 0.3 is 6.18 Å². The smallest absolute Gasteiger partial charge is 0.454 e. The topological polar surface area (TPSA) is 26.3 Å². The molecule has 1 aliphatic heterocycles. The highest BCUT2D eigenvalue weighted by atomic mass is 19.4. The Morgan fingerprint density at radius 1 is 1.50 bits per heavy atom. The SMILES string of the molecule is O=C(C1=COCCC1)C(F)(F)F. The van der Waals surface area contributed by atoms with Crippen molar-refractivity contribution in [3.8, 4) is 0 Å². The van der Waals surface area contributed by atoms with Crippen LogP contribution in [-0.4, -0.2) is 18.6 Å². The Balaban J connectivity index is 2.70. The summed E-state index contributed by atoms with van der Waals surface area (Å²) in [6.45, 7) is 0.384. The molecule has 0 unspecified atom stereocenters. The summed E-state index contributed by atoms with van der Waals surface area (Å²) < 4.78 is 40.0. The van der Waals surface area contributed by atoms with Gasteiger partial charge in [0.15, 0.2) is 0 Å². The molecule has 0 atom stereocenters. The van der Waals surface area contributed by atoms with Crippen LogP contribution in [0.4, 0.5) is 13.2 Å². The average molecular weight is 180 g/mol. The average Bonchev–Trinajstić information content (AvgIpc) is 2.03. The molecule has 0 radical (unpaired) electrons. The van der Waals surface area contributed by atoms with E-state index >= 15 is 0 Å². The molecule has 5 heteroatoms. The van der Waals surface area contributed by atoms with Crippen LogP contribution >= 0.6 is 0 Å². The predicted octanol–water partition coefficient (Wildman–Crippen LogP) is 1.81. The zero-order chi connectivity index (χ0) is 9.19. The Morgan fingerprint density at radius 2 is 2.17 bits per heavy atom. The van der Waals surface area contributed by atoms with Gasteiger partial charge in [-0.1, -0.05) is 0 Å². The van der Waals surface area contributed by atoms with Gasteiger partial charge in [0.1, 0.15) is 0 Å². The number of allylic oxidation sites excluding steroid dienone is 1. The van der Waals surface area contributed by atoms with Crippen LogP contribution in [0, 0.1) is 0 Å². The maximum Gasteiger partial charge on any atom is 0.454 e. The molecule has 0 aromatic carbocycles. The van der Waals surface area contributed by atoms with Gasteiger partial charge in [-0.25, -0.2) is 0 Å². The number of ether oxygens (including phenoxy) is 1. The monoisotopic (exact) mass is 180 g/mol. The van der Waals surface area contributed by atoms with E-state index in [1.165, 1.54) is 0 Å². The lowest BCUT2D eigenvalue weighted by Crippen LogP contribution is -2.25.